The molecule has 0 saturated carbocycles. The molecule has 0 fully saturated rings. The van der Waals surface area contributed by atoms with Crippen molar-refractivity contribution < 1.29 is 22.4 Å². The Balaban J connectivity index is 3.56. The van der Waals surface area contributed by atoms with Gasteiger partial charge in [0.05, 0.1) is 0 Å². The van der Waals surface area contributed by atoms with E-state index in [0.717, 1.165) is 38.1 Å². The molecule has 116 valence electrons. The quantitative estimate of drug-likeness (QED) is 0.409. The average molecular weight is 311 g/mol. The normalized spacial score (nSPS) is 12.9. The Morgan fingerprint density at radius 1 is 0.632 bits per heavy atom. The standard InChI is InChI=1S/C12H30O5Si2/c1-13-18(5,14-2)11-7-9-17-10-8-12-19(6,15-3)16-4/h7-12H2,1-6H3. The highest BCUT2D eigenvalue weighted by Gasteiger charge is 2.28. The van der Waals surface area contributed by atoms with Gasteiger partial charge in [-0.1, -0.05) is 0 Å². The predicted octanol–water partition coefficient (Wildman–Crippen LogP) is 2.51. The molecule has 0 spiro atoms. The fourth-order valence-corrected chi connectivity index (χ4v) is 4.39. The predicted molar refractivity (Wildman–Crippen MR) is 80.9 cm³/mol. The van der Waals surface area contributed by atoms with Crippen LogP contribution in [0, 0.1) is 0 Å². The summed E-state index contributed by atoms with van der Waals surface area (Å²) in [7, 11) is 3.04. The van der Waals surface area contributed by atoms with Crippen LogP contribution in [-0.2, 0) is 22.4 Å². The highest BCUT2D eigenvalue weighted by Crippen LogP contribution is 2.15. The van der Waals surface area contributed by atoms with Crippen molar-refractivity contribution in [3.05, 3.63) is 0 Å². The molecule has 0 bridgehead atoms. The van der Waals surface area contributed by atoms with Crippen LogP contribution < -0.4 is 0 Å². The van der Waals surface area contributed by atoms with E-state index in [4.69, 9.17) is 22.4 Å². The monoisotopic (exact) mass is 310 g/mol. The van der Waals surface area contributed by atoms with E-state index in [-0.39, 0.29) is 0 Å². The summed E-state index contributed by atoms with van der Waals surface area (Å²) in [4.78, 5) is 0. The summed E-state index contributed by atoms with van der Waals surface area (Å²) >= 11 is 0. The summed E-state index contributed by atoms with van der Waals surface area (Å²) < 4.78 is 27.3. The number of hydrogen-bond donors (Lipinski definition) is 0. The third-order valence-electron chi connectivity index (χ3n) is 3.57. The molecule has 7 heteroatoms. The Morgan fingerprint density at radius 2 is 0.947 bits per heavy atom. The van der Waals surface area contributed by atoms with Gasteiger partial charge in [0.15, 0.2) is 0 Å². The smallest absolute Gasteiger partial charge is 0.334 e. The van der Waals surface area contributed by atoms with Gasteiger partial charge in [-0.15, -0.1) is 0 Å². The van der Waals surface area contributed by atoms with Crippen molar-refractivity contribution in [1.29, 1.82) is 0 Å². The van der Waals surface area contributed by atoms with Crippen LogP contribution >= 0.6 is 0 Å². The molecular weight excluding hydrogens is 280 g/mol. The van der Waals surface area contributed by atoms with Gasteiger partial charge in [-0.2, -0.15) is 0 Å². The Labute approximate surface area is 120 Å². The van der Waals surface area contributed by atoms with E-state index in [1.165, 1.54) is 0 Å². The van der Waals surface area contributed by atoms with Crippen molar-refractivity contribution in [2.24, 2.45) is 0 Å². The van der Waals surface area contributed by atoms with Crippen LogP contribution in [0.3, 0.4) is 0 Å². The molecule has 19 heavy (non-hydrogen) atoms. The van der Waals surface area contributed by atoms with E-state index >= 15 is 0 Å². The molecule has 0 N–H and O–H groups in total. The topological polar surface area (TPSA) is 46.2 Å². The van der Waals surface area contributed by atoms with Crippen LogP contribution in [0.2, 0.25) is 25.2 Å². The van der Waals surface area contributed by atoms with Crippen LogP contribution in [0.5, 0.6) is 0 Å². The number of ether oxygens (including phenoxy) is 1. The maximum absolute atomic E-state index is 5.62. The zero-order chi connectivity index (χ0) is 14.8. The zero-order valence-electron chi connectivity index (χ0n) is 13.3. The second-order valence-electron chi connectivity index (χ2n) is 4.90. The molecule has 0 saturated heterocycles. The molecule has 0 aliphatic rings. The zero-order valence-corrected chi connectivity index (χ0v) is 15.3. The molecule has 0 rings (SSSR count). The van der Waals surface area contributed by atoms with Gasteiger partial charge < -0.3 is 22.4 Å². The lowest BCUT2D eigenvalue weighted by molar-refractivity contribution is 0.129. The Hall–Kier alpha value is 0.234. The van der Waals surface area contributed by atoms with Crippen LogP contribution in [0.1, 0.15) is 12.8 Å². The summed E-state index contributed by atoms with van der Waals surface area (Å²) in [6.45, 7) is 5.66. The van der Waals surface area contributed by atoms with Gasteiger partial charge in [-0.3, -0.25) is 0 Å². The molecule has 0 atom stereocenters. The molecule has 5 nitrogen and oxygen atoms in total. The first kappa shape index (κ1) is 19.2. The average Bonchev–Trinajstić information content (AvgIpc) is 2.45. The van der Waals surface area contributed by atoms with E-state index in [9.17, 15) is 0 Å². The Kier molecular flexibility index (Phi) is 10.2. The van der Waals surface area contributed by atoms with Crippen LogP contribution in [0.4, 0.5) is 0 Å². The Morgan fingerprint density at radius 3 is 1.21 bits per heavy atom. The molecule has 0 aliphatic carbocycles. The SMILES string of the molecule is CO[Si](C)(CCCOCCC[Si](C)(OC)OC)OC. The Bertz CT molecular complexity index is 198. The van der Waals surface area contributed by atoms with Crippen molar-refractivity contribution in [3.63, 3.8) is 0 Å². The maximum atomic E-state index is 5.62. The summed E-state index contributed by atoms with van der Waals surface area (Å²) in [5, 5.41) is 0. The van der Waals surface area contributed by atoms with Crippen LogP contribution in [0.15, 0.2) is 0 Å². The molecule has 0 aromatic heterocycles. The maximum Gasteiger partial charge on any atom is 0.334 e. The molecule has 0 amide bonds. The summed E-state index contributed by atoms with van der Waals surface area (Å²) in [5.74, 6) is 0. The van der Waals surface area contributed by atoms with E-state index in [1.807, 2.05) is 0 Å². The van der Waals surface area contributed by atoms with Crippen molar-refractivity contribution in [1.82, 2.24) is 0 Å². The number of hydrogen-bond acceptors (Lipinski definition) is 5. The first-order chi connectivity index (χ1) is 8.95. The van der Waals surface area contributed by atoms with Crippen molar-refractivity contribution in [2.75, 3.05) is 41.7 Å². The second-order valence-corrected chi connectivity index (χ2v) is 12.1. The lowest BCUT2D eigenvalue weighted by Gasteiger charge is -2.23. The van der Waals surface area contributed by atoms with E-state index in [1.54, 1.807) is 28.4 Å². The lowest BCUT2D eigenvalue weighted by atomic mass is 10.5. The second kappa shape index (κ2) is 10.0. The van der Waals surface area contributed by atoms with Gasteiger partial charge >= 0.3 is 17.1 Å². The third-order valence-corrected chi connectivity index (χ3v) is 9.54. The first-order valence-electron chi connectivity index (χ1n) is 6.73. The molecule has 0 unspecified atom stereocenters. The molecular formula is C12H30O5Si2. The van der Waals surface area contributed by atoms with Gasteiger partial charge in [0.1, 0.15) is 0 Å². The molecule has 0 heterocycles. The van der Waals surface area contributed by atoms with E-state index in [0.29, 0.717) is 0 Å². The van der Waals surface area contributed by atoms with Gasteiger partial charge in [0.25, 0.3) is 0 Å². The highest BCUT2D eigenvalue weighted by atomic mass is 28.4. The fourth-order valence-electron chi connectivity index (χ4n) is 1.67. The van der Waals surface area contributed by atoms with Crippen LogP contribution in [0.25, 0.3) is 0 Å². The van der Waals surface area contributed by atoms with Gasteiger partial charge in [0.2, 0.25) is 0 Å². The van der Waals surface area contributed by atoms with Gasteiger partial charge in [0, 0.05) is 41.7 Å². The highest BCUT2D eigenvalue weighted by molar-refractivity contribution is 6.66. The molecule has 0 radical (unpaired) electrons. The summed E-state index contributed by atoms with van der Waals surface area (Å²) in [5.41, 5.74) is 0. The van der Waals surface area contributed by atoms with Gasteiger partial charge in [-0.25, -0.2) is 0 Å². The molecule has 0 aromatic carbocycles. The van der Waals surface area contributed by atoms with Gasteiger partial charge in [-0.05, 0) is 38.0 Å². The van der Waals surface area contributed by atoms with E-state index < -0.39 is 17.1 Å². The molecule has 0 aliphatic heterocycles. The van der Waals surface area contributed by atoms with E-state index in [2.05, 4.69) is 13.1 Å². The minimum absolute atomic E-state index is 0.757. The lowest BCUT2D eigenvalue weighted by Crippen LogP contribution is -2.36. The largest absolute Gasteiger partial charge is 0.398 e. The summed E-state index contributed by atoms with van der Waals surface area (Å²) in [6.07, 6.45) is 1.96. The third kappa shape index (κ3) is 8.18. The number of rotatable bonds is 12. The fraction of sp³-hybridized carbons (Fsp3) is 1.00. The summed E-state index contributed by atoms with van der Waals surface area (Å²) in [6, 6.07) is 1.92. The minimum atomic E-state index is -1.92. The first-order valence-corrected chi connectivity index (χ1v) is 11.8. The van der Waals surface area contributed by atoms with Crippen molar-refractivity contribution >= 4 is 17.1 Å². The van der Waals surface area contributed by atoms with Crippen LogP contribution in [-0.4, -0.2) is 58.8 Å². The molecule has 0 aromatic rings. The van der Waals surface area contributed by atoms with Crippen molar-refractivity contribution in [3.8, 4) is 0 Å². The minimum Gasteiger partial charge on any atom is -0.398 e. The van der Waals surface area contributed by atoms with Crippen molar-refractivity contribution in [2.45, 2.75) is 38.0 Å².